The minimum Gasteiger partial charge on any atom is -0.460 e. The van der Waals surface area contributed by atoms with Crippen LogP contribution in [-0.2, 0) is 13.0 Å². The lowest BCUT2D eigenvalue weighted by Gasteiger charge is -2.05. The van der Waals surface area contributed by atoms with Crippen molar-refractivity contribution in [1.82, 2.24) is 5.32 Å². The summed E-state index contributed by atoms with van der Waals surface area (Å²) in [5.74, 6) is 1.52. The van der Waals surface area contributed by atoms with Crippen molar-refractivity contribution < 1.29 is 8.81 Å². The molecule has 3 aromatic rings. The van der Waals surface area contributed by atoms with Gasteiger partial charge >= 0.3 is 0 Å². The largest absolute Gasteiger partial charge is 0.460 e. The maximum absolute atomic E-state index is 13.5. The third-order valence-electron chi connectivity index (χ3n) is 3.69. The summed E-state index contributed by atoms with van der Waals surface area (Å²) < 4.78 is 21.4. The Morgan fingerprint density at radius 1 is 1.00 bits per heavy atom. The highest BCUT2D eigenvalue weighted by molar-refractivity contribution is 9.11. The Hall–Kier alpha value is -1.43. The zero-order valence-electron chi connectivity index (χ0n) is 12.9. The van der Waals surface area contributed by atoms with Crippen LogP contribution in [0.15, 0.2) is 68.0 Å². The maximum atomic E-state index is 13.5. The molecule has 1 heterocycles. The average molecular weight is 453 g/mol. The van der Waals surface area contributed by atoms with Crippen LogP contribution in [0.4, 0.5) is 4.39 Å². The van der Waals surface area contributed by atoms with E-state index >= 15 is 0 Å². The summed E-state index contributed by atoms with van der Waals surface area (Å²) >= 11 is 6.99. The van der Waals surface area contributed by atoms with Gasteiger partial charge in [-0.05, 0) is 70.9 Å². The molecule has 2 nitrogen and oxygen atoms in total. The molecule has 0 saturated carbocycles. The molecule has 124 valence electrons. The zero-order chi connectivity index (χ0) is 16.9. The van der Waals surface area contributed by atoms with Crippen LogP contribution in [-0.4, -0.2) is 6.54 Å². The van der Waals surface area contributed by atoms with Gasteiger partial charge in [0.05, 0.1) is 6.54 Å². The Labute approximate surface area is 157 Å². The van der Waals surface area contributed by atoms with Crippen molar-refractivity contribution in [1.29, 1.82) is 0 Å². The SMILES string of the molecule is Fc1ccccc1CCNCc1ccc(-c2ccc(Br)cc2Br)o1. The minimum absolute atomic E-state index is 0.153. The highest BCUT2D eigenvalue weighted by Gasteiger charge is 2.09. The van der Waals surface area contributed by atoms with E-state index in [4.69, 9.17) is 4.42 Å². The van der Waals surface area contributed by atoms with Gasteiger partial charge in [-0.25, -0.2) is 4.39 Å². The van der Waals surface area contributed by atoms with Crippen molar-refractivity contribution in [3.8, 4) is 11.3 Å². The Morgan fingerprint density at radius 2 is 1.83 bits per heavy atom. The summed E-state index contributed by atoms with van der Waals surface area (Å²) in [4.78, 5) is 0. The molecule has 2 aromatic carbocycles. The van der Waals surface area contributed by atoms with Gasteiger partial charge in [-0.15, -0.1) is 0 Å². The molecule has 0 atom stereocenters. The Morgan fingerprint density at radius 3 is 2.62 bits per heavy atom. The molecule has 0 spiro atoms. The van der Waals surface area contributed by atoms with Crippen molar-refractivity contribution in [3.63, 3.8) is 0 Å². The fourth-order valence-corrected chi connectivity index (χ4v) is 3.69. The average Bonchev–Trinajstić information content (AvgIpc) is 3.01. The van der Waals surface area contributed by atoms with Gasteiger partial charge < -0.3 is 9.73 Å². The molecular formula is C19H16Br2FNO. The highest BCUT2D eigenvalue weighted by atomic mass is 79.9. The number of nitrogens with one attached hydrogen (secondary N) is 1. The molecule has 0 fully saturated rings. The molecule has 0 aliphatic heterocycles. The van der Waals surface area contributed by atoms with E-state index in [1.807, 2.05) is 42.5 Å². The highest BCUT2D eigenvalue weighted by Crippen LogP contribution is 2.31. The first kappa shape index (κ1) is 17.4. The van der Waals surface area contributed by atoms with Gasteiger partial charge in [0, 0.05) is 14.5 Å². The predicted molar refractivity (Wildman–Crippen MR) is 101 cm³/mol. The van der Waals surface area contributed by atoms with E-state index in [0.29, 0.717) is 19.5 Å². The molecule has 1 aromatic heterocycles. The van der Waals surface area contributed by atoms with Gasteiger partial charge in [-0.2, -0.15) is 0 Å². The van der Waals surface area contributed by atoms with E-state index in [-0.39, 0.29) is 5.82 Å². The fraction of sp³-hybridized carbons (Fsp3) is 0.158. The standard InChI is InChI=1S/C19H16Br2FNO/c20-14-5-7-16(17(21)11-14)19-8-6-15(24-19)12-23-10-9-13-3-1-2-4-18(13)22/h1-8,11,23H,9-10,12H2. The molecule has 0 amide bonds. The fourth-order valence-electron chi connectivity index (χ4n) is 2.44. The summed E-state index contributed by atoms with van der Waals surface area (Å²) in [6, 6.07) is 16.8. The third kappa shape index (κ3) is 4.35. The van der Waals surface area contributed by atoms with Gasteiger partial charge in [0.15, 0.2) is 0 Å². The van der Waals surface area contributed by atoms with Crippen molar-refractivity contribution in [3.05, 3.63) is 80.7 Å². The molecule has 0 aliphatic carbocycles. The lowest BCUT2D eigenvalue weighted by Crippen LogP contribution is -2.16. The third-order valence-corrected chi connectivity index (χ3v) is 4.84. The summed E-state index contributed by atoms with van der Waals surface area (Å²) in [6.07, 6.45) is 0.651. The number of hydrogen-bond donors (Lipinski definition) is 1. The quantitative estimate of drug-likeness (QED) is 0.468. The summed E-state index contributed by atoms with van der Waals surface area (Å²) in [7, 11) is 0. The van der Waals surface area contributed by atoms with Crippen molar-refractivity contribution in [2.75, 3.05) is 6.54 Å². The van der Waals surface area contributed by atoms with E-state index in [0.717, 1.165) is 31.6 Å². The molecule has 1 N–H and O–H groups in total. The second-order valence-corrected chi connectivity index (χ2v) is 7.18. The van der Waals surface area contributed by atoms with Crippen LogP contribution >= 0.6 is 31.9 Å². The van der Waals surface area contributed by atoms with Gasteiger partial charge in [0.25, 0.3) is 0 Å². The zero-order valence-corrected chi connectivity index (χ0v) is 16.0. The lowest BCUT2D eigenvalue weighted by molar-refractivity contribution is 0.493. The van der Waals surface area contributed by atoms with E-state index in [1.54, 1.807) is 6.07 Å². The number of hydrogen-bond acceptors (Lipinski definition) is 2. The van der Waals surface area contributed by atoms with Crippen molar-refractivity contribution in [2.45, 2.75) is 13.0 Å². The van der Waals surface area contributed by atoms with Crippen LogP contribution in [0.25, 0.3) is 11.3 Å². The lowest BCUT2D eigenvalue weighted by atomic mass is 10.1. The molecule has 0 radical (unpaired) electrons. The normalized spacial score (nSPS) is 11.0. The van der Waals surface area contributed by atoms with Crippen LogP contribution in [0.2, 0.25) is 0 Å². The Bertz CT molecular complexity index is 832. The molecule has 24 heavy (non-hydrogen) atoms. The molecule has 5 heteroatoms. The molecule has 0 saturated heterocycles. The van der Waals surface area contributed by atoms with Crippen LogP contribution in [0, 0.1) is 5.82 Å². The van der Waals surface area contributed by atoms with Gasteiger partial charge in [-0.3, -0.25) is 0 Å². The van der Waals surface area contributed by atoms with E-state index in [2.05, 4.69) is 37.2 Å². The monoisotopic (exact) mass is 451 g/mol. The summed E-state index contributed by atoms with van der Waals surface area (Å²) in [5.41, 5.74) is 1.74. The van der Waals surface area contributed by atoms with Crippen LogP contribution in [0.3, 0.4) is 0 Å². The van der Waals surface area contributed by atoms with Crippen molar-refractivity contribution >= 4 is 31.9 Å². The number of rotatable bonds is 6. The molecule has 3 rings (SSSR count). The second kappa shape index (κ2) is 8.10. The van der Waals surface area contributed by atoms with E-state index in [1.165, 1.54) is 6.07 Å². The van der Waals surface area contributed by atoms with Gasteiger partial charge in [-0.1, -0.05) is 34.1 Å². The Balaban J connectivity index is 1.56. The Kier molecular flexibility index (Phi) is 5.87. The number of furan rings is 1. The smallest absolute Gasteiger partial charge is 0.135 e. The van der Waals surface area contributed by atoms with Gasteiger partial charge in [0.2, 0.25) is 0 Å². The molecule has 0 bridgehead atoms. The van der Waals surface area contributed by atoms with E-state index < -0.39 is 0 Å². The summed E-state index contributed by atoms with van der Waals surface area (Å²) in [5, 5.41) is 3.29. The van der Waals surface area contributed by atoms with E-state index in [9.17, 15) is 4.39 Å². The van der Waals surface area contributed by atoms with Crippen LogP contribution < -0.4 is 5.32 Å². The topological polar surface area (TPSA) is 25.2 Å². The molecule has 0 unspecified atom stereocenters. The predicted octanol–water partition coefficient (Wildman–Crippen LogP) is 5.94. The number of benzene rings is 2. The first-order valence-electron chi connectivity index (χ1n) is 7.62. The first-order valence-corrected chi connectivity index (χ1v) is 9.20. The first-order chi connectivity index (χ1) is 11.6. The second-order valence-electron chi connectivity index (χ2n) is 5.41. The maximum Gasteiger partial charge on any atom is 0.135 e. The van der Waals surface area contributed by atoms with Crippen molar-refractivity contribution in [2.24, 2.45) is 0 Å². The summed E-state index contributed by atoms with van der Waals surface area (Å²) in [6.45, 7) is 1.31. The van der Waals surface area contributed by atoms with Crippen LogP contribution in [0.1, 0.15) is 11.3 Å². The van der Waals surface area contributed by atoms with Crippen LogP contribution in [0.5, 0.6) is 0 Å². The van der Waals surface area contributed by atoms with Gasteiger partial charge in [0.1, 0.15) is 17.3 Å². The molecule has 0 aliphatic rings. The number of halogens is 3. The minimum atomic E-state index is -0.153. The molecular weight excluding hydrogens is 437 g/mol.